The van der Waals surface area contributed by atoms with Gasteiger partial charge < -0.3 is 0 Å². The summed E-state index contributed by atoms with van der Waals surface area (Å²) in [5.41, 5.74) is 0.458. The average molecular weight is 437 g/mol. The first kappa shape index (κ1) is 22.1. The summed E-state index contributed by atoms with van der Waals surface area (Å²) in [6.45, 7) is 2.24. The Labute approximate surface area is 180 Å². The second kappa shape index (κ2) is 9.47. The Morgan fingerprint density at radius 2 is 1.44 bits per heavy atom. The van der Waals surface area contributed by atoms with Gasteiger partial charge in [0.1, 0.15) is 0 Å². The van der Waals surface area contributed by atoms with Crippen LogP contribution in [0, 0.1) is 37.3 Å². The van der Waals surface area contributed by atoms with E-state index in [9.17, 15) is 30.3 Å². The lowest BCUT2D eigenvalue weighted by Crippen LogP contribution is -2.35. The highest BCUT2D eigenvalue weighted by molar-refractivity contribution is 5.61. The van der Waals surface area contributed by atoms with E-state index >= 15 is 0 Å². The average Bonchev–Trinajstić information content (AvgIpc) is 2.77. The number of pyridine rings is 1. The number of nitro groups is 3. The van der Waals surface area contributed by atoms with Crippen molar-refractivity contribution in [2.24, 2.45) is 10.2 Å². The first-order valence-corrected chi connectivity index (χ1v) is 9.28. The predicted octanol–water partition coefficient (Wildman–Crippen LogP) is 4.53. The Morgan fingerprint density at radius 3 is 2.00 bits per heavy atom. The van der Waals surface area contributed by atoms with Gasteiger partial charge in [0.05, 0.1) is 20.8 Å². The van der Waals surface area contributed by atoms with Crippen molar-refractivity contribution in [3.05, 3.63) is 108 Å². The summed E-state index contributed by atoms with van der Waals surface area (Å²) in [5, 5.41) is 41.4. The van der Waals surface area contributed by atoms with Crippen LogP contribution in [-0.2, 0) is 6.54 Å². The van der Waals surface area contributed by atoms with Crippen LogP contribution in [0.4, 0.5) is 22.7 Å². The van der Waals surface area contributed by atoms with E-state index in [1.165, 1.54) is 12.1 Å². The number of benzene rings is 2. The fourth-order valence-electron chi connectivity index (χ4n) is 2.87. The Balaban J connectivity index is 1.98. The first-order chi connectivity index (χ1) is 15.2. The zero-order valence-corrected chi connectivity index (χ0v) is 16.8. The molecule has 0 radical (unpaired) electrons. The van der Waals surface area contributed by atoms with Gasteiger partial charge in [0.2, 0.25) is 0 Å². The number of aromatic nitrogens is 1. The van der Waals surface area contributed by atoms with Crippen LogP contribution in [0.15, 0.2) is 77.2 Å². The molecular formula is C20H17N6O6+. The highest BCUT2D eigenvalue weighted by Crippen LogP contribution is 2.33. The molecule has 0 bridgehead atoms. The lowest BCUT2D eigenvalue weighted by Gasteiger charge is -2.09. The van der Waals surface area contributed by atoms with Gasteiger partial charge in [-0.1, -0.05) is 0 Å². The number of hydrogen-bond acceptors (Lipinski definition) is 8. The third-order valence-electron chi connectivity index (χ3n) is 4.60. The molecule has 0 aliphatic carbocycles. The maximum Gasteiger partial charge on any atom is 0.303 e. The quantitative estimate of drug-likeness (QED) is 0.218. The number of aryl methyl sites for hydroxylation is 1. The third-order valence-corrected chi connectivity index (χ3v) is 4.60. The van der Waals surface area contributed by atoms with Gasteiger partial charge in [0.25, 0.3) is 11.4 Å². The number of hydrogen-bond donors (Lipinski definition) is 0. The molecule has 3 rings (SSSR count). The Hall–Kier alpha value is -4.61. The lowest BCUT2D eigenvalue weighted by atomic mass is 10.1. The monoisotopic (exact) mass is 437 g/mol. The molecule has 0 aliphatic rings. The van der Waals surface area contributed by atoms with E-state index in [0.717, 1.165) is 23.8 Å². The fraction of sp³-hybridized carbons (Fsp3) is 0.150. The summed E-state index contributed by atoms with van der Waals surface area (Å²) in [6, 6.07) is 12.0. The highest BCUT2D eigenvalue weighted by atomic mass is 16.6. The number of azo groups is 1. The minimum atomic E-state index is -0.767. The van der Waals surface area contributed by atoms with Gasteiger partial charge in [0, 0.05) is 30.3 Å². The summed E-state index contributed by atoms with van der Waals surface area (Å²) < 4.78 is 1.84. The molecule has 0 saturated carbocycles. The molecule has 2 aromatic carbocycles. The Kier molecular flexibility index (Phi) is 6.53. The second-order valence-electron chi connectivity index (χ2n) is 6.84. The van der Waals surface area contributed by atoms with Crippen LogP contribution in [0.3, 0.4) is 0 Å². The lowest BCUT2D eigenvalue weighted by molar-refractivity contribution is -0.699. The highest BCUT2D eigenvalue weighted by Gasteiger charge is 2.22. The largest absolute Gasteiger partial charge is 0.303 e. The standard InChI is InChI=1S/C20H17N6O6/c1-14-8-10-23(11-9-14)13-19(15-2-4-16(5-3-15)24(27)28)22-21-18-7-6-17(25(29)30)12-20(18)26(31)32/h2-12,19H,13H2,1H3/q+1. The minimum absolute atomic E-state index is 0.0848. The second-order valence-corrected chi connectivity index (χ2v) is 6.84. The molecule has 32 heavy (non-hydrogen) atoms. The Morgan fingerprint density at radius 1 is 0.844 bits per heavy atom. The maximum absolute atomic E-state index is 11.3. The van der Waals surface area contributed by atoms with E-state index < -0.39 is 32.2 Å². The molecule has 0 spiro atoms. The van der Waals surface area contributed by atoms with Crippen molar-refractivity contribution in [2.75, 3.05) is 0 Å². The van der Waals surface area contributed by atoms with Gasteiger partial charge in [-0.2, -0.15) is 5.11 Å². The van der Waals surface area contributed by atoms with Crippen molar-refractivity contribution in [1.29, 1.82) is 0 Å². The van der Waals surface area contributed by atoms with E-state index in [-0.39, 0.29) is 11.4 Å². The topological polar surface area (TPSA) is 158 Å². The molecule has 1 atom stereocenters. The van der Waals surface area contributed by atoms with Crippen LogP contribution in [0.1, 0.15) is 17.2 Å². The van der Waals surface area contributed by atoms with Gasteiger partial charge >= 0.3 is 5.69 Å². The third kappa shape index (κ3) is 5.30. The molecule has 0 fully saturated rings. The zero-order valence-electron chi connectivity index (χ0n) is 16.8. The summed E-state index contributed by atoms with van der Waals surface area (Å²) >= 11 is 0. The van der Waals surface area contributed by atoms with Crippen LogP contribution < -0.4 is 4.57 Å². The van der Waals surface area contributed by atoms with E-state index in [2.05, 4.69) is 10.2 Å². The molecule has 0 aliphatic heterocycles. The van der Waals surface area contributed by atoms with Crippen LogP contribution >= 0.6 is 0 Å². The smallest absolute Gasteiger partial charge is 0.258 e. The number of nitro benzene ring substituents is 3. The first-order valence-electron chi connectivity index (χ1n) is 9.28. The van der Waals surface area contributed by atoms with Crippen molar-refractivity contribution in [3.63, 3.8) is 0 Å². The van der Waals surface area contributed by atoms with E-state index in [1.807, 2.05) is 36.0 Å². The van der Waals surface area contributed by atoms with Crippen molar-refractivity contribution in [1.82, 2.24) is 0 Å². The molecule has 0 N–H and O–H groups in total. The summed E-state index contributed by atoms with van der Waals surface area (Å²) in [5.74, 6) is 0. The van der Waals surface area contributed by atoms with Gasteiger partial charge in [-0.3, -0.25) is 30.3 Å². The van der Waals surface area contributed by atoms with Crippen molar-refractivity contribution in [3.8, 4) is 0 Å². The summed E-state index contributed by atoms with van der Waals surface area (Å²) in [6.07, 6.45) is 3.66. The van der Waals surface area contributed by atoms with E-state index in [1.54, 1.807) is 12.1 Å². The molecule has 1 aromatic heterocycles. The normalized spacial score (nSPS) is 11.9. The predicted molar refractivity (Wildman–Crippen MR) is 111 cm³/mol. The number of rotatable bonds is 8. The van der Waals surface area contributed by atoms with E-state index in [4.69, 9.17) is 0 Å². The molecule has 1 heterocycles. The maximum atomic E-state index is 11.3. The molecule has 3 aromatic rings. The van der Waals surface area contributed by atoms with Crippen LogP contribution in [-0.4, -0.2) is 14.8 Å². The van der Waals surface area contributed by atoms with E-state index in [0.29, 0.717) is 12.1 Å². The van der Waals surface area contributed by atoms with Crippen LogP contribution in [0.5, 0.6) is 0 Å². The van der Waals surface area contributed by atoms with Crippen molar-refractivity contribution in [2.45, 2.75) is 19.5 Å². The number of non-ortho nitro benzene ring substituents is 2. The van der Waals surface area contributed by atoms with Gasteiger partial charge in [-0.05, 0) is 36.2 Å². The molecule has 12 heteroatoms. The van der Waals surface area contributed by atoms with Crippen LogP contribution in [0.2, 0.25) is 0 Å². The Bertz CT molecular complexity index is 1190. The molecule has 0 amide bonds. The van der Waals surface area contributed by atoms with Gasteiger partial charge in [-0.25, -0.2) is 4.57 Å². The van der Waals surface area contributed by atoms with Gasteiger partial charge in [-0.15, -0.1) is 5.11 Å². The number of nitrogens with zero attached hydrogens (tertiary/aromatic N) is 6. The fourth-order valence-corrected chi connectivity index (χ4v) is 2.87. The van der Waals surface area contributed by atoms with Crippen molar-refractivity contribution < 1.29 is 19.3 Å². The molecule has 1 unspecified atom stereocenters. The molecule has 0 saturated heterocycles. The molecule has 162 valence electrons. The van der Waals surface area contributed by atoms with Crippen molar-refractivity contribution >= 4 is 22.7 Å². The minimum Gasteiger partial charge on any atom is -0.258 e. The summed E-state index contributed by atoms with van der Waals surface area (Å²) in [4.78, 5) is 31.2. The molecular weight excluding hydrogens is 420 g/mol. The SMILES string of the molecule is Cc1cc[n+](CC(N=Nc2ccc([N+](=O)[O-])cc2[N+](=O)[O-])c2ccc([N+](=O)[O-])cc2)cc1. The molecule has 12 nitrogen and oxygen atoms in total. The van der Waals surface area contributed by atoms with Crippen LogP contribution in [0.25, 0.3) is 0 Å². The summed E-state index contributed by atoms with van der Waals surface area (Å²) in [7, 11) is 0. The van der Waals surface area contributed by atoms with Gasteiger partial charge in [0.15, 0.2) is 30.7 Å². The zero-order chi connectivity index (χ0) is 23.3.